The lowest BCUT2D eigenvalue weighted by atomic mass is 9.94. The van der Waals surface area contributed by atoms with E-state index in [1.54, 1.807) is 0 Å². The fourth-order valence-corrected chi connectivity index (χ4v) is 7.50. The predicted octanol–water partition coefficient (Wildman–Crippen LogP) is 12.6. The molecule has 2 aliphatic rings. The predicted molar refractivity (Wildman–Crippen MR) is 231 cm³/mol. The van der Waals surface area contributed by atoms with Crippen LogP contribution < -0.4 is 5.32 Å². The SMILES string of the molecule is CN1C=CC=CC1c1ccc(-c2cccc(-c3cc(-c4ccc(-c5ccccc5)cc4)nc(-c4cccc(-c5ccc(C6=CC=CCN6)cc5)c4)c3)c2)cc1. The molecule has 0 fully saturated rings. The molecule has 1 aromatic heterocycles. The van der Waals surface area contributed by atoms with Crippen molar-refractivity contribution in [2.45, 2.75) is 6.04 Å². The molecule has 6 aromatic carbocycles. The molecule has 264 valence electrons. The van der Waals surface area contributed by atoms with Gasteiger partial charge in [0.15, 0.2) is 0 Å². The molecule has 2 aliphatic heterocycles. The van der Waals surface area contributed by atoms with Crippen molar-refractivity contribution in [2.75, 3.05) is 13.6 Å². The van der Waals surface area contributed by atoms with Gasteiger partial charge in [0.25, 0.3) is 0 Å². The minimum atomic E-state index is 0.243. The topological polar surface area (TPSA) is 28.2 Å². The minimum absolute atomic E-state index is 0.243. The summed E-state index contributed by atoms with van der Waals surface area (Å²) < 4.78 is 0. The zero-order valence-electron chi connectivity index (χ0n) is 30.8. The van der Waals surface area contributed by atoms with Crippen molar-refractivity contribution < 1.29 is 0 Å². The smallest absolute Gasteiger partial charge is 0.0720 e. The molecule has 1 N–H and O–H groups in total. The molecule has 3 heteroatoms. The molecule has 0 radical (unpaired) electrons. The van der Waals surface area contributed by atoms with E-state index in [9.17, 15) is 0 Å². The van der Waals surface area contributed by atoms with Gasteiger partial charge in [0.2, 0.25) is 0 Å². The third kappa shape index (κ3) is 7.33. The molecular formula is C52H41N3. The first-order valence-corrected chi connectivity index (χ1v) is 18.9. The van der Waals surface area contributed by atoms with Crippen LogP contribution in [0.2, 0.25) is 0 Å². The number of rotatable bonds is 8. The Bertz CT molecular complexity index is 2580. The zero-order chi connectivity index (χ0) is 37.0. The van der Waals surface area contributed by atoms with Crippen LogP contribution in [-0.2, 0) is 0 Å². The molecule has 0 aliphatic carbocycles. The Balaban J connectivity index is 1.08. The molecule has 0 saturated carbocycles. The van der Waals surface area contributed by atoms with Crippen LogP contribution in [0.4, 0.5) is 0 Å². The maximum Gasteiger partial charge on any atom is 0.0720 e. The van der Waals surface area contributed by atoms with E-state index in [0.29, 0.717) is 0 Å². The number of dihydropyridines is 1. The van der Waals surface area contributed by atoms with Gasteiger partial charge in [-0.1, -0.05) is 164 Å². The highest BCUT2D eigenvalue weighted by Gasteiger charge is 2.15. The third-order valence-corrected chi connectivity index (χ3v) is 10.6. The van der Waals surface area contributed by atoms with E-state index in [1.807, 2.05) is 0 Å². The Morgan fingerprint density at radius 3 is 1.65 bits per heavy atom. The van der Waals surface area contributed by atoms with Gasteiger partial charge in [-0.2, -0.15) is 0 Å². The lowest BCUT2D eigenvalue weighted by molar-refractivity contribution is 0.390. The van der Waals surface area contributed by atoms with Gasteiger partial charge in [-0.15, -0.1) is 0 Å². The first kappa shape index (κ1) is 33.8. The Labute approximate surface area is 324 Å². The molecule has 0 bridgehead atoms. The van der Waals surface area contributed by atoms with Gasteiger partial charge in [-0.05, 0) is 98.3 Å². The van der Waals surface area contributed by atoms with E-state index in [-0.39, 0.29) is 6.04 Å². The van der Waals surface area contributed by atoms with Crippen LogP contribution in [0, 0.1) is 0 Å². The van der Waals surface area contributed by atoms with Crippen molar-refractivity contribution in [3.8, 4) is 67.0 Å². The van der Waals surface area contributed by atoms with Gasteiger partial charge >= 0.3 is 0 Å². The summed E-state index contributed by atoms with van der Waals surface area (Å²) in [4.78, 5) is 7.55. The van der Waals surface area contributed by atoms with Crippen molar-refractivity contribution in [3.05, 3.63) is 218 Å². The average molecular weight is 708 g/mol. The van der Waals surface area contributed by atoms with Crippen LogP contribution in [0.5, 0.6) is 0 Å². The lowest BCUT2D eigenvalue weighted by Crippen LogP contribution is -2.18. The molecule has 0 saturated heterocycles. The number of aromatic nitrogens is 1. The van der Waals surface area contributed by atoms with E-state index in [0.717, 1.165) is 51.4 Å². The second-order valence-electron chi connectivity index (χ2n) is 14.2. The lowest BCUT2D eigenvalue weighted by Gasteiger charge is -2.26. The standard InChI is InChI=1S/C52H41N3/c1-55-32-8-6-18-52(55)43-29-23-40(24-30-43)44-13-9-15-46(33-44)48-35-50(42-27-19-38(20-28-42)37-11-3-2-4-12-37)54-51(36-48)47-16-10-14-45(34-47)39-21-25-41(26-22-39)49-17-5-7-31-53-49/h2-30,32-36,52-53H,31H2,1H3. The second-order valence-corrected chi connectivity index (χ2v) is 14.2. The average Bonchev–Trinajstić information content (AvgIpc) is 3.27. The summed E-state index contributed by atoms with van der Waals surface area (Å²) in [5.74, 6) is 0. The largest absolute Gasteiger partial charge is 0.381 e. The van der Waals surface area contributed by atoms with Gasteiger partial charge in [-0.3, -0.25) is 0 Å². The number of allylic oxidation sites excluding steroid dienone is 4. The van der Waals surface area contributed by atoms with E-state index in [1.165, 1.54) is 38.9 Å². The number of benzene rings is 6. The number of nitrogens with one attached hydrogen (secondary N) is 1. The van der Waals surface area contributed by atoms with Crippen LogP contribution >= 0.6 is 0 Å². The number of nitrogens with zero attached hydrogens (tertiary/aromatic N) is 2. The summed E-state index contributed by atoms with van der Waals surface area (Å²) in [7, 11) is 2.12. The van der Waals surface area contributed by atoms with Crippen molar-refractivity contribution in [2.24, 2.45) is 0 Å². The Hall–Kier alpha value is -6.97. The van der Waals surface area contributed by atoms with Crippen LogP contribution in [0.25, 0.3) is 72.7 Å². The fraction of sp³-hybridized carbons (Fsp3) is 0.0577. The van der Waals surface area contributed by atoms with Gasteiger partial charge in [0.05, 0.1) is 17.4 Å². The van der Waals surface area contributed by atoms with Crippen molar-refractivity contribution in [1.82, 2.24) is 15.2 Å². The molecule has 0 spiro atoms. The third-order valence-electron chi connectivity index (χ3n) is 10.6. The summed E-state index contributed by atoms with van der Waals surface area (Å²) in [6, 6.07) is 59.4. The molecule has 9 rings (SSSR count). The summed E-state index contributed by atoms with van der Waals surface area (Å²) in [6.45, 7) is 0.854. The van der Waals surface area contributed by atoms with E-state index < -0.39 is 0 Å². The Morgan fingerprint density at radius 2 is 1.00 bits per heavy atom. The normalized spacial score (nSPS) is 14.7. The molecule has 0 amide bonds. The Kier molecular flexibility index (Phi) is 9.34. The highest BCUT2D eigenvalue weighted by molar-refractivity contribution is 5.82. The molecule has 3 nitrogen and oxygen atoms in total. The van der Waals surface area contributed by atoms with Gasteiger partial charge in [-0.25, -0.2) is 4.98 Å². The minimum Gasteiger partial charge on any atom is -0.381 e. The maximum absolute atomic E-state index is 5.32. The summed E-state index contributed by atoms with van der Waals surface area (Å²) in [5, 5.41) is 3.46. The summed E-state index contributed by atoms with van der Waals surface area (Å²) in [6.07, 6.45) is 14.9. The summed E-state index contributed by atoms with van der Waals surface area (Å²) >= 11 is 0. The Morgan fingerprint density at radius 1 is 0.473 bits per heavy atom. The van der Waals surface area contributed by atoms with Crippen molar-refractivity contribution in [1.29, 1.82) is 0 Å². The zero-order valence-corrected chi connectivity index (χ0v) is 30.8. The van der Waals surface area contributed by atoms with Gasteiger partial charge in [0.1, 0.15) is 0 Å². The highest BCUT2D eigenvalue weighted by Crippen LogP contribution is 2.35. The number of hydrogen-bond donors (Lipinski definition) is 1. The molecule has 3 heterocycles. The molecule has 7 aromatic rings. The van der Waals surface area contributed by atoms with E-state index in [4.69, 9.17) is 4.98 Å². The van der Waals surface area contributed by atoms with Crippen LogP contribution in [-0.4, -0.2) is 23.5 Å². The molecule has 1 unspecified atom stereocenters. The molecular weight excluding hydrogens is 667 g/mol. The number of pyridine rings is 1. The molecule has 55 heavy (non-hydrogen) atoms. The van der Waals surface area contributed by atoms with Crippen molar-refractivity contribution in [3.63, 3.8) is 0 Å². The van der Waals surface area contributed by atoms with Gasteiger partial charge < -0.3 is 10.2 Å². The van der Waals surface area contributed by atoms with Crippen LogP contribution in [0.15, 0.2) is 206 Å². The van der Waals surface area contributed by atoms with Crippen molar-refractivity contribution >= 4 is 5.70 Å². The van der Waals surface area contributed by atoms with Crippen LogP contribution in [0.1, 0.15) is 17.2 Å². The van der Waals surface area contributed by atoms with Crippen LogP contribution in [0.3, 0.4) is 0 Å². The second kappa shape index (κ2) is 15.2. The summed E-state index contributed by atoms with van der Waals surface area (Å²) in [5.41, 5.74) is 17.0. The molecule has 1 atom stereocenters. The van der Waals surface area contributed by atoms with Gasteiger partial charge in [0, 0.05) is 30.4 Å². The number of hydrogen-bond acceptors (Lipinski definition) is 3. The van der Waals surface area contributed by atoms with E-state index >= 15 is 0 Å². The number of likely N-dealkylation sites (N-methyl/N-ethyl adjacent to an activating group) is 1. The quantitative estimate of drug-likeness (QED) is 0.170. The first-order chi connectivity index (χ1) is 27.1. The fourth-order valence-electron chi connectivity index (χ4n) is 7.50. The van der Waals surface area contributed by atoms with E-state index in [2.05, 4.69) is 224 Å². The maximum atomic E-state index is 5.32. The first-order valence-electron chi connectivity index (χ1n) is 18.9. The highest BCUT2D eigenvalue weighted by atomic mass is 15.1. The monoisotopic (exact) mass is 707 g/mol.